The molecule has 0 aliphatic carbocycles. The van der Waals surface area contributed by atoms with Gasteiger partial charge in [0.25, 0.3) is 0 Å². The molecule has 0 atom stereocenters. The van der Waals surface area contributed by atoms with Crippen molar-refractivity contribution in [3.05, 3.63) is 77.9 Å². The average Bonchev–Trinajstić information content (AvgIpc) is 2.54. The highest BCUT2D eigenvalue weighted by Crippen LogP contribution is 2.23. The minimum absolute atomic E-state index is 0.0351. The summed E-state index contributed by atoms with van der Waals surface area (Å²) in [4.78, 5) is 23.5. The number of benzene rings is 3. The molecule has 0 saturated heterocycles. The van der Waals surface area contributed by atoms with E-state index in [1.807, 2.05) is 30.3 Å². The SMILES string of the molecule is O=C(O)c1ccccc1OC(=O)c1cccc2ccccc12. The molecule has 0 heterocycles. The van der Waals surface area contributed by atoms with Crippen LogP contribution in [-0.2, 0) is 0 Å². The highest BCUT2D eigenvalue weighted by atomic mass is 16.5. The van der Waals surface area contributed by atoms with E-state index in [0.29, 0.717) is 5.56 Å². The Bertz CT molecular complexity index is 862. The molecule has 108 valence electrons. The van der Waals surface area contributed by atoms with Crippen molar-refractivity contribution in [2.45, 2.75) is 0 Å². The second-order valence-electron chi connectivity index (χ2n) is 4.72. The maximum Gasteiger partial charge on any atom is 0.344 e. The number of ether oxygens (including phenoxy) is 1. The number of carbonyl (C=O) groups excluding carboxylic acids is 1. The molecule has 3 aromatic carbocycles. The Hall–Kier alpha value is -3.14. The van der Waals surface area contributed by atoms with Gasteiger partial charge in [0.15, 0.2) is 0 Å². The summed E-state index contributed by atoms with van der Waals surface area (Å²) >= 11 is 0. The van der Waals surface area contributed by atoms with Gasteiger partial charge in [-0.05, 0) is 29.0 Å². The molecular formula is C18H12O4. The van der Waals surface area contributed by atoms with Crippen LogP contribution in [0.25, 0.3) is 10.8 Å². The predicted octanol–water partition coefficient (Wildman–Crippen LogP) is 3.76. The molecule has 0 spiro atoms. The standard InChI is InChI=1S/C18H12O4/c19-17(20)15-9-3-4-11-16(15)22-18(21)14-10-5-7-12-6-1-2-8-13(12)14/h1-11H,(H,19,20). The Morgan fingerprint density at radius 3 is 2.23 bits per heavy atom. The monoisotopic (exact) mass is 292 g/mol. The second kappa shape index (κ2) is 5.69. The van der Waals surface area contributed by atoms with Crippen LogP contribution in [0.2, 0.25) is 0 Å². The highest BCUT2D eigenvalue weighted by molar-refractivity contribution is 6.05. The van der Waals surface area contributed by atoms with Gasteiger partial charge in [-0.1, -0.05) is 48.5 Å². The molecule has 0 saturated carbocycles. The molecule has 22 heavy (non-hydrogen) atoms. The number of para-hydroxylation sites is 1. The first-order chi connectivity index (χ1) is 10.7. The first kappa shape index (κ1) is 13.8. The van der Waals surface area contributed by atoms with Crippen LogP contribution in [0.3, 0.4) is 0 Å². The smallest absolute Gasteiger partial charge is 0.344 e. The zero-order valence-electron chi connectivity index (χ0n) is 11.5. The van der Waals surface area contributed by atoms with Crippen molar-refractivity contribution < 1.29 is 19.4 Å². The zero-order chi connectivity index (χ0) is 15.5. The molecule has 0 fully saturated rings. The molecule has 0 bridgehead atoms. The van der Waals surface area contributed by atoms with Crippen LogP contribution >= 0.6 is 0 Å². The number of hydrogen-bond donors (Lipinski definition) is 1. The van der Waals surface area contributed by atoms with E-state index in [2.05, 4.69) is 0 Å². The maximum atomic E-state index is 12.4. The lowest BCUT2D eigenvalue weighted by Gasteiger charge is -2.09. The van der Waals surface area contributed by atoms with Crippen molar-refractivity contribution >= 4 is 22.7 Å². The maximum absolute atomic E-state index is 12.4. The fourth-order valence-corrected chi connectivity index (χ4v) is 2.29. The van der Waals surface area contributed by atoms with Gasteiger partial charge in [0.1, 0.15) is 11.3 Å². The van der Waals surface area contributed by atoms with Crippen molar-refractivity contribution in [3.63, 3.8) is 0 Å². The highest BCUT2D eigenvalue weighted by Gasteiger charge is 2.16. The zero-order valence-corrected chi connectivity index (χ0v) is 11.5. The molecule has 0 unspecified atom stereocenters. The summed E-state index contributed by atoms with van der Waals surface area (Å²) in [5.41, 5.74) is 0.356. The van der Waals surface area contributed by atoms with Crippen molar-refractivity contribution in [3.8, 4) is 5.75 Å². The van der Waals surface area contributed by atoms with E-state index in [4.69, 9.17) is 9.84 Å². The van der Waals surface area contributed by atoms with Gasteiger partial charge in [0, 0.05) is 0 Å². The lowest BCUT2D eigenvalue weighted by Crippen LogP contribution is -2.11. The van der Waals surface area contributed by atoms with Gasteiger partial charge in [0.05, 0.1) is 5.56 Å². The van der Waals surface area contributed by atoms with E-state index in [0.717, 1.165) is 10.8 Å². The van der Waals surface area contributed by atoms with Crippen molar-refractivity contribution in [2.75, 3.05) is 0 Å². The summed E-state index contributed by atoms with van der Waals surface area (Å²) in [6.45, 7) is 0. The van der Waals surface area contributed by atoms with E-state index >= 15 is 0 Å². The molecule has 0 aliphatic rings. The quantitative estimate of drug-likeness (QED) is 0.589. The van der Waals surface area contributed by atoms with Crippen molar-refractivity contribution in [1.82, 2.24) is 0 Å². The lowest BCUT2D eigenvalue weighted by molar-refractivity contribution is 0.0682. The van der Waals surface area contributed by atoms with E-state index < -0.39 is 11.9 Å². The molecule has 0 aromatic heterocycles. The number of aromatic carboxylic acids is 1. The van der Waals surface area contributed by atoms with Crippen molar-refractivity contribution in [2.24, 2.45) is 0 Å². The van der Waals surface area contributed by atoms with Crippen LogP contribution in [0.5, 0.6) is 5.75 Å². The van der Waals surface area contributed by atoms with E-state index in [9.17, 15) is 9.59 Å². The Balaban J connectivity index is 2.00. The number of carboxylic acid groups (broad SMARTS) is 1. The van der Waals surface area contributed by atoms with E-state index in [1.54, 1.807) is 24.3 Å². The summed E-state index contributed by atoms with van der Waals surface area (Å²) in [5, 5.41) is 10.8. The molecule has 0 amide bonds. The van der Waals surface area contributed by atoms with E-state index in [1.165, 1.54) is 12.1 Å². The molecule has 1 N–H and O–H groups in total. The molecule has 0 radical (unpaired) electrons. The molecule has 3 rings (SSSR count). The van der Waals surface area contributed by atoms with Gasteiger partial charge in [-0.15, -0.1) is 0 Å². The fraction of sp³-hybridized carbons (Fsp3) is 0. The number of esters is 1. The topological polar surface area (TPSA) is 63.6 Å². The summed E-state index contributed by atoms with van der Waals surface area (Å²) in [6, 6.07) is 18.8. The number of rotatable bonds is 3. The third-order valence-electron chi connectivity index (χ3n) is 3.33. The molecular weight excluding hydrogens is 280 g/mol. The normalized spacial score (nSPS) is 10.4. The first-order valence-corrected chi connectivity index (χ1v) is 6.69. The van der Waals surface area contributed by atoms with Gasteiger partial charge in [-0.3, -0.25) is 0 Å². The molecule has 4 nitrogen and oxygen atoms in total. The third kappa shape index (κ3) is 2.54. The Morgan fingerprint density at radius 2 is 1.41 bits per heavy atom. The van der Waals surface area contributed by atoms with Crippen LogP contribution in [0.1, 0.15) is 20.7 Å². The minimum Gasteiger partial charge on any atom is -0.478 e. The molecule has 4 heteroatoms. The Kier molecular flexibility index (Phi) is 3.58. The molecule has 3 aromatic rings. The number of carboxylic acids is 1. The summed E-state index contributed by atoms with van der Waals surface area (Å²) < 4.78 is 5.28. The van der Waals surface area contributed by atoms with Crippen molar-refractivity contribution in [1.29, 1.82) is 0 Å². The fourth-order valence-electron chi connectivity index (χ4n) is 2.29. The summed E-state index contributed by atoms with van der Waals surface area (Å²) in [7, 11) is 0. The largest absolute Gasteiger partial charge is 0.478 e. The average molecular weight is 292 g/mol. The van der Waals surface area contributed by atoms with E-state index in [-0.39, 0.29) is 11.3 Å². The van der Waals surface area contributed by atoms with Crippen LogP contribution in [0.4, 0.5) is 0 Å². The molecule has 0 aliphatic heterocycles. The minimum atomic E-state index is -1.14. The van der Waals surface area contributed by atoms with Gasteiger partial charge < -0.3 is 9.84 Å². The van der Waals surface area contributed by atoms with Crippen LogP contribution < -0.4 is 4.74 Å². The lowest BCUT2D eigenvalue weighted by atomic mass is 10.0. The Labute approximate surface area is 126 Å². The Morgan fingerprint density at radius 1 is 0.773 bits per heavy atom. The van der Waals surface area contributed by atoms with Crippen LogP contribution in [-0.4, -0.2) is 17.0 Å². The number of fused-ring (bicyclic) bond motifs is 1. The first-order valence-electron chi connectivity index (χ1n) is 6.69. The summed E-state index contributed by atoms with van der Waals surface area (Å²) in [5.74, 6) is -1.68. The van der Waals surface area contributed by atoms with Gasteiger partial charge in [-0.25, -0.2) is 9.59 Å². The third-order valence-corrected chi connectivity index (χ3v) is 3.33. The summed E-state index contributed by atoms with van der Waals surface area (Å²) in [6.07, 6.45) is 0. The van der Waals surface area contributed by atoms with Crippen LogP contribution in [0.15, 0.2) is 66.7 Å². The van der Waals surface area contributed by atoms with Gasteiger partial charge in [0.2, 0.25) is 0 Å². The van der Waals surface area contributed by atoms with Gasteiger partial charge in [-0.2, -0.15) is 0 Å². The second-order valence-corrected chi connectivity index (χ2v) is 4.72. The van der Waals surface area contributed by atoms with Crippen LogP contribution in [0, 0.1) is 0 Å². The number of hydrogen-bond acceptors (Lipinski definition) is 3. The predicted molar refractivity (Wildman–Crippen MR) is 82.3 cm³/mol. The number of carbonyl (C=O) groups is 2. The van der Waals surface area contributed by atoms with Gasteiger partial charge >= 0.3 is 11.9 Å².